The molecule has 0 saturated heterocycles. The summed E-state index contributed by atoms with van der Waals surface area (Å²) in [6.07, 6.45) is 0. The van der Waals surface area contributed by atoms with E-state index in [1.807, 2.05) is 5.38 Å². The fourth-order valence-electron chi connectivity index (χ4n) is 1.35. The number of nitrogens with one attached hydrogen (secondary N) is 1. The Morgan fingerprint density at radius 3 is 2.53 bits per heavy atom. The normalized spacial score (nSPS) is 11.5. The van der Waals surface area contributed by atoms with Crippen LogP contribution in [-0.4, -0.2) is 4.98 Å². The van der Waals surface area contributed by atoms with Crippen LogP contribution in [0.4, 0.5) is 15.2 Å². The number of anilines is 2. The van der Waals surface area contributed by atoms with Gasteiger partial charge in [-0.05, 0) is 12.1 Å². The third-order valence-electron chi connectivity index (χ3n) is 2.39. The molecule has 1 aromatic heterocycles. The summed E-state index contributed by atoms with van der Waals surface area (Å²) in [5.74, 6) is -0.264. The van der Waals surface area contributed by atoms with Crippen molar-refractivity contribution in [2.24, 2.45) is 0 Å². The van der Waals surface area contributed by atoms with E-state index < -0.39 is 0 Å². The molecule has 2 nitrogen and oxygen atoms in total. The molecule has 0 bridgehead atoms. The molecule has 90 valence electrons. The molecular formula is C13H15FN2S. The molecular weight excluding hydrogens is 235 g/mol. The Kier molecular flexibility index (Phi) is 3.15. The Morgan fingerprint density at radius 2 is 1.94 bits per heavy atom. The quantitative estimate of drug-likeness (QED) is 0.858. The minimum Gasteiger partial charge on any atom is -0.329 e. The second-order valence-electron chi connectivity index (χ2n) is 4.89. The molecule has 2 rings (SSSR count). The Balaban J connectivity index is 2.21. The molecule has 0 aliphatic carbocycles. The zero-order chi connectivity index (χ0) is 12.5. The van der Waals surface area contributed by atoms with Crippen LogP contribution in [0.1, 0.15) is 26.5 Å². The zero-order valence-corrected chi connectivity index (χ0v) is 10.9. The van der Waals surface area contributed by atoms with E-state index in [0.717, 1.165) is 10.8 Å². The first-order valence-electron chi connectivity index (χ1n) is 5.44. The number of hydrogen-bond acceptors (Lipinski definition) is 3. The number of para-hydroxylation sites is 1. The second kappa shape index (κ2) is 4.45. The van der Waals surface area contributed by atoms with E-state index in [4.69, 9.17) is 0 Å². The maximum atomic E-state index is 13.4. The Bertz CT molecular complexity index is 514. The third kappa shape index (κ3) is 2.82. The molecule has 4 heteroatoms. The van der Waals surface area contributed by atoms with Crippen molar-refractivity contribution in [3.05, 3.63) is 41.2 Å². The van der Waals surface area contributed by atoms with Gasteiger partial charge in [0.1, 0.15) is 5.82 Å². The summed E-state index contributed by atoms with van der Waals surface area (Å²) in [5, 5.41) is 5.72. The van der Waals surface area contributed by atoms with Gasteiger partial charge in [0.15, 0.2) is 5.13 Å². The lowest BCUT2D eigenvalue weighted by molar-refractivity contribution is 0.573. The molecule has 0 aliphatic heterocycles. The van der Waals surface area contributed by atoms with Gasteiger partial charge < -0.3 is 5.32 Å². The van der Waals surface area contributed by atoms with Crippen LogP contribution < -0.4 is 5.32 Å². The molecule has 1 N–H and O–H groups in total. The van der Waals surface area contributed by atoms with Gasteiger partial charge >= 0.3 is 0 Å². The van der Waals surface area contributed by atoms with Crippen molar-refractivity contribution in [3.8, 4) is 0 Å². The topological polar surface area (TPSA) is 24.9 Å². The molecule has 0 atom stereocenters. The number of halogens is 1. The van der Waals surface area contributed by atoms with E-state index in [0.29, 0.717) is 5.69 Å². The standard InChI is InChI=1S/C13H15FN2S/c1-13(2,3)11-8-17-12(16-11)15-10-7-5-4-6-9(10)14/h4-8H,1-3H3,(H,15,16). The molecule has 0 radical (unpaired) electrons. The van der Waals surface area contributed by atoms with Crippen LogP contribution >= 0.6 is 11.3 Å². The van der Waals surface area contributed by atoms with Crippen LogP contribution in [0.3, 0.4) is 0 Å². The highest BCUT2D eigenvalue weighted by molar-refractivity contribution is 7.13. The highest BCUT2D eigenvalue weighted by Crippen LogP contribution is 2.28. The SMILES string of the molecule is CC(C)(C)c1csc(Nc2ccccc2F)n1. The molecule has 0 spiro atoms. The predicted molar refractivity (Wildman–Crippen MR) is 70.5 cm³/mol. The number of benzene rings is 1. The van der Waals surface area contributed by atoms with E-state index in [2.05, 4.69) is 31.1 Å². The molecule has 0 amide bonds. The molecule has 0 unspecified atom stereocenters. The second-order valence-corrected chi connectivity index (χ2v) is 5.75. The van der Waals surface area contributed by atoms with Gasteiger partial charge in [0.25, 0.3) is 0 Å². The summed E-state index contributed by atoms with van der Waals surface area (Å²) < 4.78 is 13.4. The third-order valence-corrected chi connectivity index (χ3v) is 3.15. The maximum Gasteiger partial charge on any atom is 0.187 e. The average Bonchev–Trinajstić information content (AvgIpc) is 2.69. The molecule has 0 fully saturated rings. The van der Waals surface area contributed by atoms with Gasteiger partial charge in [0, 0.05) is 10.8 Å². The average molecular weight is 250 g/mol. The van der Waals surface area contributed by atoms with E-state index in [9.17, 15) is 4.39 Å². The number of rotatable bonds is 2. The fourth-order valence-corrected chi connectivity index (χ4v) is 2.30. The lowest BCUT2D eigenvalue weighted by atomic mass is 9.93. The summed E-state index contributed by atoms with van der Waals surface area (Å²) in [5.41, 5.74) is 1.50. The summed E-state index contributed by atoms with van der Waals surface area (Å²) in [6.45, 7) is 6.32. The van der Waals surface area contributed by atoms with Crippen LogP contribution in [0.25, 0.3) is 0 Å². The maximum absolute atomic E-state index is 13.4. The first-order valence-corrected chi connectivity index (χ1v) is 6.32. The minimum absolute atomic E-state index is 0.0195. The van der Waals surface area contributed by atoms with E-state index in [-0.39, 0.29) is 11.2 Å². The molecule has 0 saturated carbocycles. The summed E-state index contributed by atoms with van der Waals surface area (Å²) >= 11 is 1.49. The van der Waals surface area contributed by atoms with Gasteiger partial charge in [-0.1, -0.05) is 32.9 Å². The lowest BCUT2D eigenvalue weighted by Gasteiger charge is -2.14. The minimum atomic E-state index is -0.264. The fraction of sp³-hybridized carbons (Fsp3) is 0.308. The summed E-state index contributed by atoms with van der Waals surface area (Å²) in [6, 6.07) is 6.60. The van der Waals surface area contributed by atoms with Crippen LogP contribution in [-0.2, 0) is 5.41 Å². The van der Waals surface area contributed by atoms with Crippen LogP contribution in [0.15, 0.2) is 29.6 Å². The Labute approximate surface area is 105 Å². The van der Waals surface area contributed by atoms with Gasteiger partial charge in [-0.2, -0.15) is 0 Å². The number of nitrogens with zero attached hydrogens (tertiary/aromatic N) is 1. The monoisotopic (exact) mass is 250 g/mol. The van der Waals surface area contributed by atoms with E-state index >= 15 is 0 Å². The smallest absolute Gasteiger partial charge is 0.187 e. The van der Waals surface area contributed by atoms with Crippen LogP contribution in [0.2, 0.25) is 0 Å². The van der Waals surface area contributed by atoms with Gasteiger partial charge in [-0.25, -0.2) is 9.37 Å². The molecule has 1 aromatic carbocycles. The molecule has 0 aliphatic rings. The van der Waals surface area contributed by atoms with Crippen LogP contribution in [0.5, 0.6) is 0 Å². The van der Waals surface area contributed by atoms with Crippen LogP contribution in [0, 0.1) is 5.82 Å². The Morgan fingerprint density at radius 1 is 1.24 bits per heavy atom. The predicted octanol–water partition coefficient (Wildman–Crippen LogP) is 4.32. The van der Waals surface area contributed by atoms with Gasteiger partial charge in [-0.3, -0.25) is 0 Å². The van der Waals surface area contributed by atoms with Crippen molar-refractivity contribution in [1.29, 1.82) is 0 Å². The highest BCUT2D eigenvalue weighted by atomic mass is 32.1. The number of thiazole rings is 1. The van der Waals surface area contributed by atoms with Gasteiger partial charge in [0.05, 0.1) is 11.4 Å². The first kappa shape index (κ1) is 12.0. The number of aromatic nitrogens is 1. The summed E-state index contributed by atoms with van der Waals surface area (Å²) in [7, 11) is 0. The number of hydrogen-bond donors (Lipinski definition) is 1. The zero-order valence-electron chi connectivity index (χ0n) is 10.1. The first-order chi connectivity index (χ1) is 7.97. The van der Waals surface area contributed by atoms with Crippen molar-refractivity contribution in [2.45, 2.75) is 26.2 Å². The van der Waals surface area contributed by atoms with Crippen molar-refractivity contribution >= 4 is 22.2 Å². The molecule has 2 aromatic rings. The highest BCUT2D eigenvalue weighted by Gasteiger charge is 2.17. The Hall–Kier alpha value is -1.42. The summed E-state index contributed by atoms with van der Waals surface area (Å²) in [4.78, 5) is 4.46. The van der Waals surface area contributed by atoms with Crippen molar-refractivity contribution in [3.63, 3.8) is 0 Å². The lowest BCUT2D eigenvalue weighted by Crippen LogP contribution is -2.11. The molecule has 17 heavy (non-hydrogen) atoms. The van der Waals surface area contributed by atoms with E-state index in [1.165, 1.54) is 17.4 Å². The van der Waals surface area contributed by atoms with E-state index in [1.54, 1.807) is 18.2 Å². The van der Waals surface area contributed by atoms with Gasteiger partial charge in [0.2, 0.25) is 0 Å². The van der Waals surface area contributed by atoms with Crippen molar-refractivity contribution in [2.75, 3.05) is 5.32 Å². The largest absolute Gasteiger partial charge is 0.329 e. The van der Waals surface area contributed by atoms with Gasteiger partial charge in [-0.15, -0.1) is 11.3 Å². The van der Waals surface area contributed by atoms with Crippen molar-refractivity contribution in [1.82, 2.24) is 4.98 Å². The molecule has 1 heterocycles. The van der Waals surface area contributed by atoms with Crippen molar-refractivity contribution < 1.29 is 4.39 Å².